The first-order valence-corrected chi connectivity index (χ1v) is 29.0. The summed E-state index contributed by atoms with van der Waals surface area (Å²) in [4.78, 5) is 94.7. The van der Waals surface area contributed by atoms with Crippen LogP contribution in [-0.2, 0) is 76.3 Å². The van der Waals surface area contributed by atoms with E-state index in [1.165, 1.54) is 49.7 Å². The Morgan fingerprint density at radius 1 is 0.400 bits per heavy atom. The standard InChI is InChI=1S/C56H98N6O18/c1-2-46-19-21-47(22-20-46)41-61-54(68)45-80-40-36-76-32-28-60-53(67)44-79-39-35-75-31-27-59-52(66)43-78-38-34-74-30-26-58-51(65)42-77-37-33-73-29-25-57-49(63)24-23-48(56(71)72)62-50(64)17-15-13-11-9-7-5-3-4-6-8-10-12-14-16-18-55(69)70/h19,21,48H,2-18,20,22-45H2,1H3,(H,57,63)(H,58,65)(H,59,66)(H,60,67)(H,61,68)(H,62,64)(H,69,70)(H,71,72)/t48-/m0/s1. The van der Waals surface area contributed by atoms with Gasteiger partial charge in [-0.1, -0.05) is 107 Å². The smallest absolute Gasteiger partial charge is 0.326 e. The fourth-order valence-corrected chi connectivity index (χ4v) is 7.74. The maximum absolute atomic E-state index is 12.4. The van der Waals surface area contributed by atoms with Gasteiger partial charge in [0.25, 0.3) is 0 Å². The maximum atomic E-state index is 12.4. The van der Waals surface area contributed by atoms with E-state index >= 15 is 0 Å². The number of allylic oxidation sites excluding steroid dienone is 3. The zero-order valence-corrected chi connectivity index (χ0v) is 47.9. The quantitative estimate of drug-likeness (QED) is 0.0405. The van der Waals surface area contributed by atoms with Crippen LogP contribution in [-0.4, -0.2) is 202 Å². The molecule has 1 atom stereocenters. The second-order valence-corrected chi connectivity index (χ2v) is 19.2. The van der Waals surface area contributed by atoms with Gasteiger partial charge in [0.1, 0.15) is 32.5 Å². The van der Waals surface area contributed by atoms with Gasteiger partial charge in [0, 0.05) is 52.0 Å². The third kappa shape index (κ3) is 48.8. The molecule has 0 aliphatic heterocycles. The molecule has 0 aromatic heterocycles. The zero-order valence-electron chi connectivity index (χ0n) is 47.9. The van der Waals surface area contributed by atoms with E-state index in [9.17, 15) is 43.5 Å². The lowest BCUT2D eigenvalue weighted by atomic mass is 9.97. The lowest BCUT2D eigenvalue weighted by molar-refractivity contribution is -0.142. The first-order valence-electron chi connectivity index (χ1n) is 29.0. The minimum absolute atomic E-state index is 0.0378. The van der Waals surface area contributed by atoms with Gasteiger partial charge in [-0.3, -0.25) is 33.6 Å². The highest BCUT2D eigenvalue weighted by molar-refractivity contribution is 5.84. The van der Waals surface area contributed by atoms with E-state index in [0.717, 1.165) is 64.2 Å². The Balaban J connectivity index is 1.84. The van der Waals surface area contributed by atoms with Crippen molar-refractivity contribution in [2.24, 2.45) is 0 Å². The maximum Gasteiger partial charge on any atom is 0.326 e. The van der Waals surface area contributed by atoms with Crippen LogP contribution in [0.25, 0.3) is 0 Å². The van der Waals surface area contributed by atoms with E-state index in [-0.39, 0.29) is 180 Å². The molecule has 0 saturated carbocycles. The van der Waals surface area contributed by atoms with Crippen LogP contribution in [0.1, 0.15) is 142 Å². The predicted molar refractivity (Wildman–Crippen MR) is 298 cm³/mol. The minimum atomic E-state index is -1.19. The van der Waals surface area contributed by atoms with Crippen LogP contribution in [0, 0.1) is 0 Å². The molecule has 0 saturated heterocycles. The highest BCUT2D eigenvalue weighted by Gasteiger charge is 2.21. The summed E-state index contributed by atoms with van der Waals surface area (Å²) in [7, 11) is 0. The zero-order chi connectivity index (χ0) is 58.4. The molecule has 0 fully saturated rings. The van der Waals surface area contributed by atoms with Crippen LogP contribution in [0.15, 0.2) is 23.3 Å². The second kappa shape index (κ2) is 53.2. The van der Waals surface area contributed by atoms with E-state index in [2.05, 4.69) is 51.0 Å². The van der Waals surface area contributed by atoms with Gasteiger partial charge >= 0.3 is 11.9 Å². The van der Waals surface area contributed by atoms with Crippen molar-refractivity contribution in [3.05, 3.63) is 23.3 Å². The van der Waals surface area contributed by atoms with E-state index in [1.54, 1.807) is 0 Å². The molecular formula is C56H98N6O18. The lowest BCUT2D eigenvalue weighted by Crippen LogP contribution is -2.41. The number of unbranched alkanes of at least 4 members (excludes halogenated alkanes) is 13. The summed E-state index contributed by atoms with van der Waals surface area (Å²) >= 11 is 0. The molecule has 1 aliphatic carbocycles. The van der Waals surface area contributed by atoms with Gasteiger partial charge < -0.3 is 80.0 Å². The fourth-order valence-electron chi connectivity index (χ4n) is 7.74. The van der Waals surface area contributed by atoms with Gasteiger partial charge in [0.15, 0.2) is 0 Å². The summed E-state index contributed by atoms with van der Waals surface area (Å²) in [5, 5.41) is 34.3. The molecule has 0 radical (unpaired) electrons. The Hall–Kier alpha value is -5.08. The average molecular weight is 1140 g/mol. The number of aliphatic carboxylic acids is 2. The Kier molecular flexibility index (Phi) is 48.5. The van der Waals surface area contributed by atoms with Crippen LogP contribution >= 0.6 is 0 Å². The lowest BCUT2D eigenvalue weighted by Gasteiger charge is -2.14. The van der Waals surface area contributed by atoms with Crippen molar-refractivity contribution >= 4 is 47.4 Å². The molecule has 8 N–H and O–H groups in total. The normalized spacial score (nSPS) is 12.5. The van der Waals surface area contributed by atoms with Crippen LogP contribution in [0.5, 0.6) is 0 Å². The van der Waals surface area contributed by atoms with Crippen molar-refractivity contribution in [1.82, 2.24) is 31.9 Å². The summed E-state index contributed by atoms with van der Waals surface area (Å²) in [6.45, 7) is 5.82. The minimum Gasteiger partial charge on any atom is -0.481 e. The molecule has 0 unspecified atom stereocenters. The number of carboxylic acid groups (broad SMARTS) is 2. The molecule has 460 valence electrons. The van der Waals surface area contributed by atoms with Crippen molar-refractivity contribution in [2.45, 2.75) is 148 Å². The summed E-state index contributed by atoms with van der Waals surface area (Å²) < 4.78 is 42.9. The Bertz CT molecular complexity index is 1750. The topological polar surface area (TPSA) is 323 Å². The SMILES string of the molecule is CCC1=CC=C(CNC(=O)COCCOCCNC(=O)COCCOCCNC(=O)COCCOCCNC(=O)COCCOCCNC(=O)CC[C@H](NC(=O)CCCCCCCCCCCCCCCCC(=O)O)C(=O)O)CC1. The summed E-state index contributed by atoms with van der Waals surface area (Å²) in [6.07, 6.45) is 22.6. The van der Waals surface area contributed by atoms with Gasteiger partial charge in [-0.05, 0) is 38.5 Å². The van der Waals surface area contributed by atoms with Crippen molar-refractivity contribution < 1.29 is 86.5 Å². The first kappa shape index (κ1) is 72.9. The third-order valence-electron chi connectivity index (χ3n) is 12.3. The molecule has 80 heavy (non-hydrogen) atoms. The van der Waals surface area contributed by atoms with Gasteiger partial charge in [-0.2, -0.15) is 0 Å². The number of ether oxygens (including phenoxy) is 8. The van der Waals surface area contributed by atoms with E-state index in [1.807, 2.05) is 0 Å². The molecular weight excluding hydrogens is 1040 g/mol. The number of hydrogen-bond acceptors (Lipinski definition) is 16. The Morgan fingerprint density at radius 3 is 1.10 bits per heavy atom. The summed E-state index contributed by atoms with van der Waals surface area (Å²) in [5.74, 6) is -3.74. The van der Waals surface area contributed by atoms with Crippen molar-refractivity contribution in [3.8, 4) is 0 Å². The molecule has 24 nitrogen and oxygen atoms in total. The van der Waals surface area contributed by atoms with Crippen LogP contribution in [0.3, 0.4) is 0 Å². The third-order valence-corrected chi connectivity index (χ3v) is 12.3. The van der Waals surface area contributed by atoms with E-state index in [4.69, 9.17) is 43.0 Å². The monoisotopic (exact) mass is 1140 g/mol. The number of carboxylic acids is 2. The molecule has 24 heteroatoms. The van der Waals surface area contributed by atoms with Crippen molar-refractivity contribution in [2.75, 3.05) is 138 Å². The summed E-state index contributed by atoms with van der Waals surface area (Å²) in [6, 6.07) is -1.15. The number of nitrogens with one attached hydrogen (secondary N) is 6. The molecule has 0 spiro atoms. The van der Waals surface area contributed by atoms with Gasteiger partial charge in [-0.25, -0.2) is 4.79 Å². The highest BCUT2D eigenvalue weighted by atomic mass is 16.5. The van der Waals surface area contributed by atoms with Crippen molar-refractivity contribution in [1.29, 1.82) is 0 Å². The largest absolute Gasteiger partial charge is 0.481 e. The van der Waals surface area contributed by atoms with Crippen LogP contribution in [0.2, 0.25) is 0 Å². The van der Waals surface area contributed by atoms with Gasteiger partial charge in [0.05, 0.1) is 79.3 Å². The highest BCUT2D eigenvalue weighted by Crippen LogP contribution is 2.20. The van der Waals surface area contributed by atoms with Crippen molar-refractivity contribution in [3.63, 3.8) is 0 Å². The number of carbonyl (C=O) groups excluding carboxylic acids is 6. The number of hydrogen-bond donors (Lipinski definition) is 8. The molecule has 0 aromatic carbocycles. The molecule has 1 aliphatic rings. The Labute approximate surface area is 474 Å². The number of amides is 6. The molecule has 0 heterocycles. The average Bonchev–Trinajstić information content (AvgIpc) is 3.43. The second-order valence-electron chi connectivity index (χ2n) is 19.2. The van der Waals surface area contributed by atoms with Gasteiger partial charge in [-0.15, -0.1) is 0 Å². The molecule has 1 rings (SSSR count). The van der Waals surface area contributed by atoms with Gasteiger partial charge in [0.2, 0.25) is 35.4 Å². The molecule has 0 aromatic rings. The fraction of sp³-hybridized carbons (Fsp3) is 0.786. The molecule has 6 amide bonds. The van der Waals surface area contributed by atoms with E-state index < -0.39 is 18.0 Å². The summed E-state index contributed by atoms with van der Waals surface area (Å²) in [5.41, 5.74) is 2.62. The van der Waals surface area contributed by atoms with Crippen LogP contribution < -0.4 is 31.9 Å². The number of rotatable bonds is 57. The first-order chi connectivity index (χ1) is 38.9. The Morgan fingerprint density at radius 2 is 0.738 bits per heavy atom. The van der Waals surface area contributed by atoms with E-state index in [0.29, 0.717) is 26.1 Å². The van der Waals surface area contributed by atoms with Crippen LogP contribution in [0.4, 0.5) is 0 Å². The number of carbonyl (C=O) groups is 8. The molecule has 0 bridgehead atoms. The predicted octanol–water partition coefficient (Wildman–Crippen LogP) is 3.43.